The quantitative estimate of drug-likeness (QED) is 0.317. The summed E-state index contributed by atoms with van der Waals surface area (Å²) in [5, 5.41) is -0.789. The molecule has 1 rings (SSSR count). The van der Waals surface area contributed by atoms with Crippen molar-refractivity contribution in [1.82, 2.24) is 0 Å². The zero-order valence-electron chi connectivity index (χ0n) is 7.60. The fraction of sp³-hybridized carbons (Fsp3) is 0.714. The maximum absolute atomic E-state index is 11.5. The lowest BCUT2D eigenvalue weighted by molar-refractivity contribution is -0.152. The van der Waals surface area contributed by atoms with Crippen LogP contribution in [0.5, 0.6) is 0 Å². The van der Waals surface area contributed by atoms with Gasteiger partial charge in [0.05, 0.1) is 5.25 Å². The van der Waals surface area contributed by atoms with Gasteiger partial charge in [-0.2, -0.15) is 0 Å². The fourth-order valence-corrected chi connectivity index (χ4v) is 2.14. The molecular weight excluding hydrogens is 192 g/mol. The average Bonchev–Trinajstić information content (AvgIpc) is 2.01. The molecule has 0 spiro atoms. The van der Waals surface area contributed by atoms with E-state index in [2.05, 4.69) is 4.79 Å². The predicted molar refractivity (Wildman–Crippen MR) is 46.4 cm³/mol. The van der Waals surface area contributed by atoms with E-state index in [0.717, 1.165) is 0 Å². The van der Waals surface area contributed by atoms with Crippen molar-refractivity contribution < 1.29 is 18.5 Å². The number of hydrogen-bond acceptors (Lipinski definition) is 3. The van der Waals surface area contributed by atoms with Crippen LogP contribution in [0, 0.1) is 0 Å². The van der Waals surface area contributed by atoms with E-state index in [1.54, 1.807) is 20.8 Å². The van der Waals surface area contributed by atoms with E-state index in [9.17, 15) is 9.00 Å². The highest BCUT2D eigenvalue weighted by Gasteiger charge is 2.49. The van der Waals surface area contributed by atoms with Crippen molar-refractivity contribution in [2.75, 3.05) is 0 Å². The van der Waals surface area contributed by atoms with Crippen molar-refractivity contribution in [2.45, 2.75) is 31.6 Å². The zero-order chi connectivity index (χ0) is 10.2. The van der Waals surface area contributed by atoms with Crippen LogP contribution < -0.4 is 0 Å². The number of carbonyl (C=O) groups excluding carboxylic acids is 1. The molecule has 72 valence electrons. The van der Waals surface area contributed by atoms with Crippen LogP contribution >= 0.6 is 0 Å². The minimum atomic E-state index is -1.60. The topological polar surface area (TPSA) is 79.8 Å². The Morgan fingerprint density at radius 3 is 2.62 bits per heavy atom. The average molecular weight is 202 g/mol. The summed E-state index contributed by atoms with van der Waals surface area (Å²) >= 11 is 0. The highest BCUT2D eigenvalue weighted by Crippen LogP contribution is 2.25. The molecule has 1 aliphatic rings. The summed E-state index contributed by atoms with van der Waals surface area (Å²) in [7, 11) is -1.60. The Morgan fingerprint density at radius 2 is 2.15 bits per heavy atom. The molecule has 0 bridgehead atoms. The molecule has 1 saturated heterocycles. The van der Waals surface area contributed by atoms with E-state index in [1.807, 2.05) is 0 Å². The van der Waals surface area contributed by atoms with Crippen LogP contribution in [0.3, 0.4) is 0 Å². The first-order valence-corrected chi connectivity index (χ1v) is 4.97. The van der Waals surface area contributed by atoms with Crippen LogP contribution in [-0.2, 0) is 20.3 Å². The largest absolute Gasteiger partial charge is 0.463 e. The maximum Gasteiger partial charge on any atom is 0.463 e. The van der Waals surface area contributed by atoms with Gasteiger partial charge >= 0.3 is 11.0 Å². The van der Waals surface area contributed by atoms with Crippen molar-refractivity contribution in [3.63, 3.8) is 0 Å². The normalized spacial score (nSPS) is 32.2. The van der Waals surface area contributed by atoms with Gasteiger partial charge in [-0.25, -0.2) is 9.00 Å². The Balaban J connectivity index is 3.14. The monoisotopic (exact) mass is 202 g/mol. The minimum Gasteiger partial charge on any atom is -0.449 e. The van der Waals surface area contributed by atoms with E-state index in [0.29, 0.717) is 0 Å². The van der Waals surface area contributed by atoms with Crippen LogP contribution in [-0.4, -0.2) is 30.9 Å². The van der Waals surface area contributed by atoms with Gasteiger partial charge in [0.1, 0.15) is 16.4 Å². The van der Waals surface area contributed by atoms with E-state index < -0.39 is 27.4 Å². The molecule has 0 amide bonds. The van der Waals surface area contributed by atoms with Gasteiger partial charge in [0.2, 0.25) is 0 Å². The summed E-state index contributed by atoms with van der Waals surface area (Å²) in [6, 6.07) is 0. The molecule has 6 heteroatoms. The third-order valence-electron chi connectivity index (χ3n) is 2.11. The summed E-state index contributed by atoms with van der Waals surface area (Å²) in [4.78, 5) is 13.8. The van der Waals surface area contributed by atoms with Crippen LogP contribution in [0.2, 0.25) is 0 Å². The van der Waals surface area contributed by atoms with Crippen LogP contribution in [0.15, 0.2) is 0 Å². The fourth-order valence-electron chi connectivity index (χ4n) is 0.954. The van der Waals surface area contributed by atoms with Gasteiger partial charge in [0.15, 0.2) is 0 Å². The van der Waals surface area contributed by atoms with Gasteiger partial charge in [-0.15, -0.1) is 4.79 Å². The minimum absolute atomic E-state index is 0.379. The summed E-state index contributed by atoms with van der Waals surface area (Å²) in [5.74, 6) is -0.816. The first-order chi connectivity index (χ1) is 5.90. The molecule has 1 fully saturated rings. The van der Waals surface area contributed by atoms with E-state index in [1.165, 1.54) is 0 Å². The van der Waals surface area contributed by atoms with Crippen molar-refractivity contribution in [3.8, 4) is 0 Å². The molecule has 0 radical (unpaired) electrons. The second-order valence-electron chi connectivity index (χ2n) is 3.34. The molecule has 1 aliphatic heterocycles. The number of nitrogens with zero attached hydrogens (tertiary/aromatic N) is 2. The van der Waals surface area contributed by atoms with Crippen molar-refractivity contribution in [2.24, 2.45) is 0 Å². The Bertz CT molecular complexity index is 331. The van der Waals surface area contributed by atoms with Crippen molar-refractivity contribution in [1.29, 1.82) is 0 Å². The van der Waals surface area contributed by atoms with E-state index in [-0.39, 0.29) is 5.25 Å². The molecule has 2 atom stereocenters. The number of ether oxygens (including phenoxy) is 1. The molecular formula is C7H10N2O3S. The summed E-state index contributed by atoms with van der Waals surface area (Å²) < 4.78 is 16.4. The van der Waals surface area contributed by atoms with Gasteiger partial charge < -0.3 is 10.3 Å². The Hall–Kier alpha value is -1.00. The molecule has 1 heterocycles. The molecule has 0 unspecified atom stereocenters. The number of cyclic esters (lactones) is 1. The number of hydrogen-bond donors (Lipinski definition) is 0. The first kappa shape index (κ1) is 10.1. The van der Waals surface area contributed by atoms with Gasteiger partial charge in [0, 0.05) is 0 Å². The van der Waals surface area contributed by atoms with Crippen LogP contribution in [0.25, 0.3) is 5.53 Å². The molecule has 0 aromatic carbocycles. The highest BCUT2D eigenvalue weighted by atomic mass is 32.2. The van der Waals surface area contributed by atoms with Crippen molar-refractivity contribution >= 4 is 21.8 Å². The first-order valence-electron chi connectivity index (χ1n) is 3.76. The molecule has 5 nitrogen and oxygen atoms in total. The standard InChI is InChI=1S/C7H10N2O3S/c1-4-7(2,3)12-6(10)5(9-8)13(4)11/h4H,1-3H3/t4-,13+/m1/s1. The SMILES string of the molecule is C[C@H]1[S@](=O)C(=[N+]=[N-])C(=O)OC1(C)C. The zero-order valence-corrected chi connectivity index (χ0v) is 8.42. The second kappa shape index (κ2) is 3.05. The summed E-state index contributed by atoms with van der Waals surface area (Å²) in [6.07, 6.45) is 0. The Morgan fingerprint density at radius 1 is 1.62 bits per heavy atom. The van der Waals surface area contributed by atoms with Gasteiger partial charge in [-0.3, -0.25) is 0 Å². The summed E-state index contributed by atoms with van der Waals surface area (Å²) in [5.41, 5.74) is 7.63. The van der Waals surface area contributed by atoms with Gasteiger partial charge in [-0.1, -0.05) is 0 Å². The smallest absolute Gasteiger partial charge is 0.449 e. The third kappa shape index (κ3) is 1.55. The molecule has 0 aromatic heterocycles. The van der Waals surface area contributed by atoms with Gasteiger partial charge in [0.25, 0.3) is 0 Å². The molecule has 0 N–H and O–H groups in total. The van der Waals surface area contributed by atoms with E-state index >= 15 is 0 Å². The maximum atomic E-state index is 11.5. The Labute approximate surface area is 78.2 Å². The number of carbonyl (C=O) groups is 1. The predicted octanol–water partition coefficient (Wildman–Crippen LogP) is 0.0873. The molecule has 0 aliphatic carbocycles. The molecule has 13 heavy (non-hydrogen) atoms. The lowest BCUT2D eigenvalue weighted by Crippen LogP contribution is -2.51. The number of rotatable bonds is 0. The van der Waals surface area contributed by atoms with Crippen molar-refractivity contribution in [3.05, 3.63) is 5.53 Å². The van der Waals surface area contributed by atoms with Gasteiger partial charge in [-0.05, 0) is 20.8 Å². The third-order valence-corrected chi connectivity index (χ3v) is 3.95. The molecule has 0 aromatic rings. The second-order valence-corrected chi connectivity index (χ2v) is 5.03. The number of esters is 1. The van der Waals surface area contributed by atoms with Crippen LogP contribution in [0.1, 0.15) is 20.8 Å². The summed E-state index contributed by atoms with van der Waals surface area (Å²) in [6.45, 7) is 5.01. The lowest BCUT2D eigenvalue weighted by Gasteiger charge is -2.32. The Kier molecular flexibility index (Phi) is 2.36. The van der Waals surface area contributed by atoms with E-state index in [4.69, 9.17) is 10.3 Å². The highest BCUT2D eigenvalue weighted by molar-refractivity contribution is 8.03. The lowest BCUT2D eigenvalue weighted by atomic mass is 10.1. The van der Waals surface area contributed by atoms with Crippen LogP contribution in [0.4, 0.5) is 0 Å². The molecule has 0 saturated carbocycles.